The van der Waals surface area contributed by atoms with Crippen molar-refractivity contribution in [1.82, 2.24) is 8.75 Å². The molecule has 6 nitrogen and oxygen atoms in total. The van der Waals surface area contributed by atoms with Crippen molar-refractivity contribution in [3.05, 3.63) is 123 Å². The number of aromatic hydroxyl groups is 1. The van der Waals surface area contributed by atoms with Crippen LogP contribution in [0.3, 0.4) is 0 Å². The molecule has 67 heavy (non-hydrogen) atoms. The van der Waals surface area contributed by atoms with E-state index in [-0.39, 0.29) is 5.75 Å². The number of nitrogens with zero attached hydrogens (tertiary/aromatic N) is 2. The van der Waals surface area contributed by atoms with Gasteiger partial charge in [0.05, 0.1) is 51.1 Å². The molecule has 2 aliphatic rings. The second-order valence-electron chi connectivity index (χ2n) is 18.4. The van der Waals surface area contributed by atoms with Crippen molar-refractivity contribution in [3.8, 4) is 47.2 Å². The predicted octanol–water partition coefficient (Wildman–Crippen LogP) is 17.8. The maximum atomic E-state index is 11.7. The Hall–Kier alpha value is -3.94. The fourth-order valence-corrected chi connectivity index (χ4v) is 14.4. The Balaban J connectivity index is 1.21. The van der Waals surface area contributed by atoms with Crippen LogP contribution < -0.4 is 9.47 Å². The van der Waals surface area contributed by atoms with Crippen molar-refractivity contribution < 1.29 is 18.9 Å². The topological polar surface area (TPSA) is 73.7 Å². The summed E-state index contributed by atoms with van der Waals surface area (Å²) in [5.41, 5.74) is 8.93. The van der Waals surface area contributed by atoms with Gasteiger partial charge in [-0.3, -0.25) is 4.29 Å². The molecule has 0 spiro atoms. The van der Waals surface area contributed by atoms with Crippen molar-refractivity contribution >= 4 is 92.2 Å². The summed E-state index contributed by atoms with van der Waals surface area (Å²) in [4.78, 5) is 7.03. The molecular formula is C55H59ClN2O4S5. The maximum Gasteiger partial charge on any atom is 0.186 e. The van der Waals surface area contributed by atoms with Gasteiger partial charge in [0.1, 0.15) is 22.4 Å². The van der Waals surface area contributed by atoms with Gasteiger partial charge in [-0.2, -0.15) is 8.75 Å². The van der Waals surface area contributed by atoms with Crippen molar-refractivity contribution in [2.24, 2.45) is 0 Å². The lowest BCUT2D eigenvalue weighted by Gasteiger charge is -2.39. The number of phenols is 1. The highest BCUT2D eigenvalue weighted by Crippen LogP contribution is 2.61. The molecule has 3 aromatic carbocycles. The van der Waals surface area contributed by atoms with Crippen LogP contribution in [-0.2, 0) is 28.3 Å². The fourth-order valence-electron chi connectivity index (χ4n) is 9.66. The lowest BCUT2D eigenvalue weighted by atomic mass is 9.78. The number of phenolic OH excluding ortho intramolecular Hbond substituents is 1. The second-order valence-corrected chi connectivity index (χ2v) is 22.9. The van der Waals surface area contributed by atoms with Gasteiger partial charge in [-0.15, -0.1) is 46.6 Å². The molecule has 12 heteroatoms. The number of fused-ring (bicyclic) bond motifs is 8. The van der Waals surface area contributed by atoms with Crippen molar-refractivity contribution in [3.63, 3.8) is 0 Å². The first-order valence-electron chi connectivity index (χ1n) is 23.8. The Labute approximate surface area is 422 Å². The van der Waals surface area contributed by atoms with Crippen LogP contribution in [-0.4, -0.2) is 20.5 Å². The average Bonchev–Trinajstić information content (AvgIpc) is 4.15. The van der Waals surface area contributed by atoms with Gasteiger partial charge in [0, 0.05) is 46.7 Å². The smallest absolute Gasteiger partial charge is 0.186 e. The number of hydrogen-bond donors (Lipinski definition) is 2. The molecule has 0 saturated heterocycles. The molecule has 1 atom stereocenters. The van der Waals surface area contributed by atoms with E-state index in [4.69, 9.17) is 30.0 Å². The number of aryl methyl sites for hydroxylation is 2. The average molecular weight is 1010 g/mol. The molecule has 0 aliphatic carbocycles. The summed E-state index contributed by atoms with van der Waals surface area (Å²) in [7, 11) is 0. The number of ether oxygens (including phenoxy) is 2. The van der Waals surface area contributed by atoms with E-state index in [1.165, 1.54) is 80.2 Å². The zero-order valence-corrected chi connectivity index (χ0v) is 44.0. The highest BCUT2D eigenvalue weighted by Gasteiger charge is 2.47. The van der Waals surface area contributed by atoms with Crippen LogP contribution in [0, 0.1) is 0 Å². The molecule has 1 unspecified atom stereocenters. The first-order valence-corrected chi connectivity index (χ1v) is 27.8. The van der Waals surface area contributed by atoms with E-state index in [1.807, 2.05) is 11.3 Å². The Morgan fingerprint density at radius 3 is 1.94 bits per heavy atom. The number of thiophene rings is 3. The van der Waals surface area contributed by atoms with Crippen molar-refractivity contribution in [2.45, 2.75) is 129 Å². The third kappa shape index (κ3) is 9.31. The Morgan fingerprint density at radius 2 is 1.33 bits per heavy atom. The fraction of sp³-hybridized carbons (Fsp3) is 0.382. The lowest BCUT2D eigenvalue weighted by molar-refractivity contribution is 0.102. The van der Waals surface area contributed by atoms with E-state index >= 15 is 0 Å². The van der Waals surface area contributed by atoms with Gasteiger partial charge in [-0.1, -0.05) is 127 Å². The SMILES string of the molecule is C=C(S)c1c(O)c2c(c3nsnc13)-c1sc(-c3cc4c(s3)-c3sc(/C=C(/CC)COCl)cc3OC4(c3ccc(CCCCCC)cc3)c3ccc(CCCCCCCC)cc3)cc1C(C)(C)O2. The van der Waals surface area contributed by atoms with E-state index in [9.17, 15) is 5.11 Å². The van der Waals surface area contributed by atoms with Gasteiger partial charge in [-0.05, 0) is 86.9 Å². The Kier molecular flexibility index (Phi) is 14.8. The summed E-state index contributed by atoms with van der Waals surface area (Å²) in [6, 6.07) is 25.3. The molecule has 0 saturated carbocycles. The van der Waals surface area contributed by atoms with Gasteiger partial charge in [0.2, 0.25) is 0 Å². The van der Waals surface area contributed by atoms with Gasteiger partial charge in [0.15, 0.2) is 17.1 Å². The number of aromatic nitrogens is 2. The molecule has 7 aromatic rings. The van der Waals surface area contributed by atoms with Gasteiger partial charge < -0.3 is 14.6 Å². The number of benzene rings is 3. The predicted molar refractivity (Wildman–Crippen MR) is 289 cm³/mol. The molecule has 2 aliphatic heterocycles. The monoisotopic (exact) mass is 1010 g/mol. The standard InChI is InChI=1S/C55H59ClN2O4S5/c1-7-10-12-14-15-17-19-36-22-26-38(27-23-36)55(37-24-20-35(21-25-37)18-16-13-11-8-2)41-31-44(66-52(41)53-42(61-55)29-39(64-53)28-34(9-3)32-60-56)43-30-40-51(65-43)46-48-47(57-67-58-48)45(33(4)63)49(59)50(46)62-54(40,5)6/h20-31,59,63H,4,7-19,32H2,1-3,5-6H3/b34-28-. The molecule has 6 heterocycles. The number of thiol groups is 1. The van der Waals surface area contributed by atoms with Crippen molar-refractivity contribution in [1.29, 1.82) is 0 Å². The summed E-state index contributed by atoms with van der Waals surface area (Å²) < 4.78 is 28.8. The zero-order chi connectivity index (χ0) is 46.9. The molecule has 0 bridgehead atoms. The molecule has 1 N–H and O–H groups in total. The van der Waals surface area contributed by atoms with E-state index < -0.39 is 11.2 Å². The lowest BCUT2D eigenvalue weighted by Crippen LogP contribution is -2.37. The highest BCUT2D eigenvalue weighted by molar-refractivity contribution is 7.90. The quantitative estimate of drug-likeness (QED) is 0.0585. The van der Waals surface area contributed by atoms with Gasteiger partial charge >= 0.3 is 0 Å². The van der Waals surface area contributed by atoms with Crippen LogP contribution in [0.5, 0.6) is 17.2 Å². The highest BCUT2D eigenvalue weighted by atomic mass is 35.5. The third-order valence-electron chi connectivity index (χ3n) is 13.3. The number of rotatable bonds is 20. The van der Waals surface area contributed by atoms with Crippen LogP contribution in [0.2, 0.25) is 0 Å². The minimum atomic E-state index is -0.937. The minimum Gasteiger partial charge on any atom is -0.504 e. The minimum absolute atomic E-state index is 0.0127. The molecule has 0 fully saturated rings. The first-order chi connectivity index (χ1) is 32.5. The summed E-state index contributed by atoms with van der Waals surface area (Å²) in [6.07, 6.45) is 17.7. The van der Waals surface area contributed by atoms with Crippen LogP contribution >= 0.6 is 70.2 Å². The molecule has 350 valence electrons. The molecule has 9 rings (SSSR count). The third-order valence-corrected chi connectivity index (χ3v) is 17.9. The summed E-state index contributed by atoms with van der Waals surface area (Å²) in [5, 5.41) is 11.7. The second kappa shape index (κ2) is 20.6. The number of unbranched alkanes of at least 4 members (excludes halogenated alkanes) is 8. The largest absolute Gasteiger partial charge is 0.504 e. The Bertz CT molecular complexity index is 2920. The normalized spacial score (nSPS) is 16.0. The van der Waals surface area contributed by atoms with E-state index in [0.717, 1.165) is 94.5 Å². The Morgan fingerprint density at radius 1 is 0.746 bits per heavy atom. The molecule has 0 radical (unpaired) electrons. The summed E-state index contributed by atoms with van der Waals surface area (Å²) in [5.74, 6) is 1.24. The molecular weight excluding hydrogens is 948 g/mol. The molecule has 0 amide bonds. The van der Waals surface area contributed by atoms with Crippen LogP contribution in [0.15, 0.2) is 78.9 Å². The molecule has 4 aromatic heterocycles. The van der Waals surface area contributed by atoms with Crippen molar-refractivity contribution in [2.75, 3.05) is 6.61 Å². The maximum absolute atomic E-state index is 11.7. The number of hydrogen-bond acceptors (Lipinski definition) is 11. The van der Waals surface area contributed by atoms with E-state index in [1.54, 1.807) is 22.7 Å². The van der Waals surface area contributed by atoms with Gasteiger partial charge in [0.25, 0.3) is 0 Å². The summed E-state index contributed by atoms with van der Waals surface area (Å²) in [6.45, 7) is 15.2. The van der Waals surface area contributed by atoms with Crippen LogP contribution in [0.25, 0.3) is 52.0 Å². The van der Waals surface area contributed by atoms with E-state index in [2.05, 4.69) is 131 Å². The van der Waals surface area contributed by atoms with Gasteiger partial charge in [-0.25, -0.2) is 0 Å². The van der Waals surface area contributed by atoms with E-state index in [0.29, 0.717) is 33.9 Å². The van der Waals surface area contributed by atoms with Crippen LogP contribution in [0.1, 0.15) is 149 Å². The first kappa shape index (κ1) is 48.1. The number of halogens is 1. The summed E-state index contributed by atoms with van der Waals surface area (Å²) >= 11 is 16.7. The van der Waals surface area contributed by atoms with Crippen LogP contribution in [0.4, 0.5) is 0 Å². The zero-order valence-electron chi connectivity index (χ0n) is 39.1.